The molecular formula is C7H4Br3O. The fourth-order valence-electron chi connectivity index (χ4n) is 0.647. The maximum absolute atomic E-state index is 5.11. The summed E-state index contributed by atoms with van der Waals surface area (Å²) in [5.41, 5.74) is 0. The molecule has 0 amide bonds. The van der Waals surface area contributed by atoms with Crippen LogP contribution in [0.3, 0.4) is 0 Å². The lowest BCUT2D eigenvalue weighted by Gasteiger charge is -2.05. The van der Waals surface area contributed by atoms with Crippen LogP contribution >= 0.6 is 47.8 Å². The SMILES string of the molecule is COc1c(Br)c[c]c(Br)c1Br. The molecular weight excluding hydrogens is 340 g/mol. The predicted octanol–water partition coefficient (Wildman–Crippen LogP) is 3.78. The van der Waals surface area contributed by atoms with Gasteiger partial charge in [0.25, 0.3) is 0 Å². The first-order valence-electron chi connectivity index (χ1n) is 2.76. The van der Waals surface area contributed by atoms with Gasteiger partial charge in [0.15, 0.2) is 0 Å². The number of hydrogen-bond donors (Lipinski definition) is 0. The van der Waals surface area contributed by atoms with Crippen molar-refractivity contribution in [2.75, 3.05) is 7.11 Å². The van der Waals surface area contributed by atoms with Gasteiger partial charge in [0.05, 0.1) is 16.1 Å². The summed E-state index contributed by atoms with van der Waals surface area (Å²) in [6.45, 7) is 0. The molecule has 1 aromatic rings. The molecule has 0 aliphatic carbocycles. The van der Waals surface area contributed by atoms with E-state index in [0.717, 1.165) is 19.2 Å². The minimum absolute atomic E-state index is 0.774. The van der Waals surface area contributed by atoms with Crippen molar-refractivity contribution in [3.63, 3.8) is 0 Å². The lowest BCUT2D eigenvalue weighted by atomic mass is 10.3. The van der Waals surface area contributed by atoms with Gasteiger partial charge in [-0.25, -0.2) is 0 Å². The molecule has 0 atom stereocenters. The highest BCUT2D eigenvalue weighted by Crippen LogP contribution is 2.37. The lowest BCUT2D eigenvalue weighted by molar-refractivity contribution is 0.409. The van der Waals surface area contributed by atoms with E-state index in [2.05, 4.69) is 53.9 Å². The molecule has 1 radical (unpaired) electrons. The van der Waals surface area contributed by atoms with E-state index >= 15 is 0 Å². The Balaban J connectivity index is 3.29. The van der Waals surface area contributed by atoms with Crippen molar-refractivity contribution in [1.82, 2.24) is 0 Å². The highest BCUT2D eigenvalue weighted by Gasteiger charge is 2.07. The van der Waals surface area contributed by atoms with Crippen LogP contribution in [0.5, 0.6) is 5.75 Å². The van der Waals surface area contributed by atoms with Gasteiger partial charge in [-0.2, -0.15) is 0 Å². The minimum atomic E-state index is 0.774. The average Bonchev–Trinajstić information content (AvgIpc) is 1.99. The second-order valence-corrected chi connectivity index (χ2v) is 4.24. The minimum Gasteiger partial charge on any atom is -0.494 e. The highest BCUT2D eigenvalue weighted by molar-refractivity contribution is 9.13. The van der Waals surface area contributed by atoms with Crippen LogP contribution in [-0.2, 0) is 0 Å². The molecule has 1 rings (SSSR count). The molecule has 1 aromatic carbocycles. The second-order valence-electron chi connectivity index (χ2n) is 1.80. The van der Waals surface area contributed by atoms with Crippen molar-refractivity contribution >= 4 is 47.8 Å². The fraction of sp³-hybridized carbons (Fsp3) is 0.143. The summed E-state index contributed by atoms with van der Waals surface area (Å²) in [5, 5.41) is 0. The zero-order valence-corrected chi connectivity index (χ0v) is 10.4. The monoisotopic (exact) mass is 341 g/mol. The van der Waals surface area contributed by atoms with E-state index in [0.29, 0.717) is 0 Å². The third-order valence-corrected chi connectivity index (χ3v) is 3.64. The van der Waals surface area contributed by atoms with E-state index in [4.69, 9.17) is 4.74 Å². The Morgan fingerprint density at radius 2 is 2.00 bits per heavy atom. The van der Waals surface area contributed by atoms with Gasteiger partial charge in [0.1, 0.15) is 5.75 Å². The van der Waals surface area contributed by atoms with E-state index in [1.165, 1.54) is 0 Å². The number of hydrogen-bond acceptors (Lipinski definition) is 1. The van der Waals surface area contributed by atoms with Crippen molar-refractivity contribution in [1.29, 1.82) is 0 Å². The topological polar surface area (TPSA) is 9.23 Å². The molecule has 0 aliphatic rings. The summed E-state index contributed by atoms with van der Waals surface area (Å²) in [6, 6.07) is 4.78. The lowest BCUT2D eigenvalue weighted by Crippen LogP contribution is -1.86. The molecule has 59 valence electrons. The van der Waals surface area contributed by atoms with Crippen molar-refractivity contribution in [2.24, 2.45) is 0 Å². The van der Waals surface area contributed by atoms with Crippen LogP contribution in [0.25, 0.3) is 0 Å². The van der Waals surface area contributed by atoms with Crippen molar-refractivity contribution in [2.45, 2.75) is 0 Å². The van der Waals surface area contributed by atoms with Gasteiger partial charge in [-0.05, 0) is 59.9 Å². The molecule has 0 heterocycles. The van der Waals surface area contributed by atoms with Gasteiger partial charge in [-0.1, -0.05) is 0 Å². The third-order valence-electron chi connectivity index (χ3n) is 1.14. The van der Waals surface area contributed by atoms with Crippen molar-refractivity contribution in [3.8, 4) is 5.75 Å². The Hall–Kier alpha value is 0.460. The Morgan fingerprint density at radius 1 is 1.36 bits per heavy atom. The van der Waals surface area contributed by atoms with Crippen LogP contribution < -0.4 is 4.74 Å². The van der Waals surface area contributed by atoms with E-state index in [-0.39, 0.29) is 0 Å². The smallest absolute Gasteiger partial charge is 0.148 e. The molecule has 0 saturated heterocycles. The molecule has 0 spiro atoms. The zero-order chi connectivity index (χ0) is 8.43. The third kappa shape index (κ3) is 1.98. The first-order chi connectivity index (χ1) is 5.16. The van der Waals surface area contributed by atoms with Crippen molar-refractivity contribution in [3.05, 3.63) is 25.6 Å². The Morgan fingerprint density at radius 3 is 2.45 bits per heavy atom. The molecule has 0 fully saturated rings. The fourth-order valence-corrected chi connectivity index (χ4v) is 2.17. The molecule has 0 bridgehead atoms. The summed E-state index contributed by atoms with van der Waals surface area (Å²) in [5.74, 6) is 0.774. The Labute approximate surface area is 90.5 Å². The number of ether oxygens (including phenoxy) is 1. The van der Waals surface area contributed by atoms with Crippen LogP contribution in [0.15, 0.2) is 19.5 Å². The zero-order valence-electron chi connectivity index (χ0n) is 5.62. The van der Waals surface area contributed by atoms with E-state index in [1.54, 1.807) is 13.2 Å². The summed E-state index contributed by atoms with van der Waals surface area (Å²) in [6.07, 6.45) is 0. The first-order valence-corrected chi connectivity index (χ1v) is 5.14. The number of methoxy groups -OCH3 is 1. The molecule has 0 aliphatic heterocycles. The van der Waals surface area contributed by atoms with Gasteiger partial charge in [0, 0.05) is 4.47 Å². The molecule has 0 unspecified atom stereocenters. The number of halogens is 3. The molecule has 0 aromatic heterocycles. The summed E-state index contributed by atoms with van der Waals surface area (Å²) < 4.78 is 7.73. The van der Waals surface area contributed by atoms with Crippen LogP contribution in [0.2, 0.25) is 0 Å². The normalized spacial score (nSPS) is 9.82. The van der Waals surface area contributed by atoms with Gasteiger partial charge >= 0.3 is 0 Å². The quantitative estimate of drug-likeness (QED) is 0.705. The summed E-state index contributed by atoms with van der Waals surface area (Å²) >= 11 is 10.0. The molecule has 4 heteroatoms. The standard InChI is InChI=1S/C7H4Br3O/c1-11-7-5(9)3-2-4(8)6(7)10/h3H,1H3. The van der Waals surface area contributed by atoms with E-state index in [1.807, 2.05) is 0 Å². The predicted molar refractivity (Wildman–Crippen MR) is 54.9 cm³/mol. The number of benzene rings is 1. The largest absolute Gasteiger partial charge is 0.494 e. The van der Waals surface area contributed by atoms with E-state index < -0.39 is 0 Å². The van der Waals surface area contributed by atoms with Gasteiger partial charge < -0.3 is 4.74 Å². The van der Waals surface area contributed by atoms with Crippen LogP contribution in [-0.4, -0.2) is 7.11 Å². The number of rotatable bonds is 1. The van der Waals surface area contributed by atoms with Gasteiger partial charge in [-0.15, -0.1) is 0 Å². The average molecular weight is 344 g/mol. The highest BCUT2D eigenvalue weighted by atomic mass is 79.9. The molecule has 11 heavy (non-hydrogen) atoms. The maximum Gasteiger partial charge on any atom is 0.148 e. The molecule has 0 saturated carbocycles. The van der Waals surface area contributed by atoms with Gasteiger partial charge in [-0.3, -0.25) is 0 Å². The Bertz CT molecular complexity index is 273. The molecule has 1 nitrogen and oxygen atoms in total. The van der Waals surface area contributed by atoms with Crippen LogP contribution in [0.1, 0.15) is 0 Å². The molecule has 0 N–H and O–H groups in total. The Kier molecular flexibility index (Phi) is 3.40. The maximum atomic E-state index is 5.11. The van der Waals surface area contributed by atoms with Crippen LogP contribution in [0, 0.1) is 6.07 Å². The summed E-state index contributed by atoms with van der Waals surface area (Å²) in [7, 11) is 1.62. The van der Waals surface area contributed by atoms with Crippen LogP contribution in [0.4, 0.5) is 0 Å². The van der Waals surface area contributed by atoms with Gasteiger partial charge in [0.2, 0.25) is 0 Å². The van der Waals surface area contributed by atoms with E-state index in [9.17, 15) is 0 Å². The second kappa shape index (κ2) is 3.92. The van der Waals surface area contributed by atoms with Crippen molar-refractivity contribution < 1.29 is 4.74 Å². The summed E-state index contributed by atoms with van der Waals surface area (Å²) in [4.78, 5) is 0. The first kappa shape index (κ1) is 9.55.